The lowest BCUT2D eigenvalue weighted by Gasteiger charge is -2.08. The van der Waals surface area contributed by atoms with Gasteiger partial charge in [0.2, 0.25) is 0 Å². The minimum atomic E-state index is 0.963. The van der Waals surface area contributed by atoms with E-state index in [9.17, 15) is 0 Å². The Bertz CT molecular complexity index is 1120. The van der Waals surface area contributed by atoms with E-state index in [-0.39, 0.29) is 0 Å². The van der Waals surface area contributed by atoms with Crippen LogP contribution >= 0.6 is 0 Å². The molecule has 0 atom stereocenters. The van der Waals surface area contributed by atoms with Gasteiger partial charge >= 0.3 is 0 Å². The highest BCUT2D eigenvalue weighted by molar-refractivity contribution is 6.09. The molecule has 2 aromatic heterocycles. The van der Waals surface area contributed by atoms with Crippen LogP contribution in [-0.4, -0.2) is 14.5 Å². The van der Waals surface area contributed by atoms with Crippen molar-refractivity contribution in [3.8, 4) is 5.69 Å². The molecular weight excluding hydrogens is 282 g/mol. The Morgan fingerprint density at radius 1 is 0.739 bits per heavy atom. The van der Waals surface area contributed by atoms with Crippen molar-refractivity contribution in [1.82, 2.24) is 14.5 Å². The van der Waals surface area contributed by atoms with Crippen molar-refractivity contribution in [2.24, 2.45) is 0 Å². The van der Waals surface area contributed by atoms with Gasteiger partial charge in [0.15, 0.2) is 0 Å². The predicted molar refractivity (Wildman–Crippen MR) is 93.9 cm³/mol. The van der Waals surface area contributed by atoms with Crippen LogP contribution in [0, 0.1) is 0 Å². The molecule has 0 saturated heterocycles. The largest absolute Gasteiger partial charge is 0.309 e. The van der Waals surface area contributed by atoms with Crippen LogP contribution < -0.4 is 0 Å². The lowest BCUT2D eigenvalue weighted by atomic mass is 10.2. The van der Waals surface area contributed by atoms with E-state index in [2.05, 4.69) is 81.3 Å². The van der Waals surface area contributed by atoms with Crippen molar-refractivity contribution in [1.29, 1.82) is 0 Å². The van der Waals surface area contributed by atoms with Gasteiger partial charge in [0.05, 0.1) is 16.6 Å². The standard InChI is InChI=1S/C20H13N3/c1-3-7-19-16(5-1)17-6-2-4-8-20(17)23(19)15-9-10-18-14(11-15)12-21-13-22-18/h1-13H. The van der Waals surface area contributed by atoms with Gasteiger partial charge in [-0.25, -0.2) is 9.97 Å². The minimum Gasteiger partial charge on any atom is -0.309 e. The number of para-hydroxylation sites is 2. The number of fused-ring (bicyclic) bond motifs is 4. The van der Waals surface area contributed by atoms with Crippen LogP contribution in [0.5, 0.6) is 0 Å². The minimum absolute atomic E-state index is 0.963. The van der Waals surface area contributed by atoms with Crippen molar-refractivity contribution in [2.45, 2.75) is 0 Å². The maximum absolute atomic E-state index is 4.31. The summed E-state index contributed by atoms with van der Waals surface area (Å²) in [5.41, 5.74) is 4.52. The molecule has 0 spiro atoms. The summed E-state index contributed by atoms with van der Waals surface area (Å²) in [5, 5.41) is 3.59. The summed E-state index contributed by atoms with van der Waals surface area (Å²) >= 11 is 0. The van der Waals surface area contributed by atoms with Gasteiger partial charge in [-0.1, -0.05) is 36.4 Å². The van der Waals surface area contributed by atoms with Crippen LogP contribution in [0.25, 0.3) is 38.4 Å². The van der Waals surface area contributed by atoms with E-state index in [4.69, 9.17) is 0 Å². The number of aromatic nitrogens is 3. The molecule has 3 nitrogen and oxygen atoms in total. The third kappa shape index (κ3) is 1.77. The highest BCUT2D eigenvalue weighted by Crippen LogP contribution is 2.32. The molecule has 0 aliphatic carbocycles. The molecule has 0 N–H and O–H groups in total. The third-order valence-corrected chi connectivity index (χ3v) is 4.33. The number of nitrogens with zero attached hydrogens (tertiary/aromatic N) is 3. The normalized spacial score (nSPS) is 11.5. The van der Waals surface area contributed by atoms with Gasteiger partial charge in [-0.3, -0.25) is 0 Å². The molecule has 0 saturated carbocycles. The fourth-order valence-electron chi connectivity index (χ4n) is 3.31. The quantitative estimate of drug-likeness (QED) is 0.448. The van der Waals surface area contributed by atoms with Crippen LogP contribution in [0.4, 0.5) is 0 Å². The first kappa shape index (κ1) is 12.4. The molecule has 2 heterocycles. The molecule has 23 heavy (non-hydrogen) atoms. The highest BCUT2D eigenvalue weighted by atomic mass is 15.0. The fourth-order valence-corrected chi connectivity index (χ4v) is 3.31. The monoisotopic (exact) mass is 295 g/mol. The molecule has 0 fully saturated rings. The van der Waals surface area contributed by atoms with Crippen LogP contribution in [0.1, 0.15) is 0 Å². The SMILES string of the molecule is c1ccc2c(c1)c1ccccc1n2-c1ccc2ncncc2c1. The van der Waals surface area contributed by atoms with E-state index >= 15 is 0 Å². The van der Waals surface area contributed by atoms with Crippen molar-refractivity contribution in [2.75, 3.05) is 0 Å². The van der Waals surface area contributed by atoms with E-state index in [1.807, 2.05) is 6.20 Å². The molecular formula is C20H13N3. The second-order valence-electron chi connectivity index (χ2n) is 5.64. The molecule has 5 rings (SSSR count). The smallest absolute Gasteiger partial charge is 0.116 e. The average molecular weight is 295 g/mol. The second-order valence-corrected chi connectivity index (χ2v) is 5.64. The zero-order chi connectivity index (χ0) is 15.2. The van der Waals surface area contributed by atoms with Gasteiger partial charge in [0, 0.05) is 28.0 Å². The molecule has 0 unspecified atom stereocenters. The Hall–Kier alpha value is -3.20. The summed E-state index contributed by atoms with van der Waals surface area (Å²) in [5.74, 6) is 0. The maximum atomic E-state index is 4.31. The number of benzene rings is 3. The van der Waals surface area contributed by atoms with E-state index < -0.39 is 0 Å². The first-order valence-corrected chi connectivity index (χ1v) is 7.60. The van der Waals surface area contributed by atoms with Crippen LogP contribution in [0.3, 0.4) is 0 Å². The Kier molecular flexibility index (Phi) is 2.50. The molecule has 0 aliphatic heterocycles. The Balaban J connectivity index is 1.93. The maximum Gasteiger partial charge on any atom is 0.116 e. The zero-order valence-electron chi connectivity index (χ0n) is 12.3. The highest BCUT2D eigenvalue weighted by Gasteiger charge is 2.11. The van der Waals surface area contributed by atoms with Gasteiger partial charge in [-0.15, -0.1) is 0 Å². The topological polar surface area (TPSA) is 30.7 Å². The van der Waals surface area contributed by atoms with Gasteiger partial charge in [0.1, 0.15) is 6.33 Å². The number of hydrogen-bond acceptors (Lipinski definition) is 2. The van der Waals surface area contributed by atoms with E-state index in [1.165, 1.54) is 21.8 Å². The number of rotatable bonds is 1. The predicted octanol–water partition coefficient (Wildman–Crippen LogP) is 4.73. The van der Waals surface area contributed by atoms with E-state index in [0.717, 1.165) is 16.6 Å². The lowest BCUT2D eigenvalue weighted by Crippen LogP contribution is -1.94. The Morgan fingerprint density at radius 2 is 1.43 bits per heavy atom. The summed E-state index contributed by atoms with van der Waals surface area (Å²) in [6, 6.07) is 23.4. The van der Waals surface area contributed by atoms with Gasteiger partial charge in [0.25, 0.3) is 0 Å². The first-order valence-electron chi connectivity index (χ1n) is 7.60. The van der Waals surface area contributed by atoms with Crippen LogP contribution in [0.2, 0.25) is 0 Å². The lowest BCUT2D eigenvalue weighted by molar-refractivity contribution is 1.17. The second kappa shape index (κ2) is 4.65. The molecule has 0 bridgehead atoms. The van der Waals surface area contributed by atoms with Crippen LogP contribution in [0.15, 0.2) is 79.3 Å². The summed E-state index contributed by atoms with van der Waals surface area (Å²) in [7, 11) is 0. The average Bonchev–Trinajstić information content (AvgIpc) is 2.96. The Morgan fingerprint density at radius 3 is 2.17 bits per heavy atom. The molecule has 5 aromatic rings. The van der Waals surface area contributed by atoms with Crippen molar-refractivity contribution in [3.63, 3.8) is 0 Å². The zero-order valence-corrected chi connectivity index (χ0v) is 12.3. The molecule has 3 heteroatoms. The van der Waals surface area contributed by atoms with Crippen molar-refractivity contribution in [3.05, 3.63) is 79.3 Å². The summed E-state index contributed by atoms with van der Waals surface area (Å²) in [6.07, 6.45) is 3.45. The Labute approximate surface area is 132 Å². The summed E-state index contributed by atoms with van der Waals surface area (Å²) in [6.45, 7) is 0. The van der Waals surface area contributed by atoms with E-state index in [1.54, 1.807) is 6.33 Å². The van der Waals surface area contributed by atoms with Crippen molar-refractivity contribution >= 4 is 32.7 Å². The third-order valence-electron chi connectivity index (χ3n) is 4.33. The van der Waals surface area contributed by atoms with Crippen molar-refractivity contribution < 1.29 is 0 Å². The van der Waals surface area contributed by atoms with E-state index in [0.29, 0.717) is 0 Å². The van der Waals surface area contributed by atoms with Gasteiger partial charge in [-0.2, -0.15) is 0 Å². The van der Waals surface area contributed by atoms with Crippen LogP contribution in [-0.2, 0) is 0 Å². The number of hydrogen-bond donors (Lipinski definition) is 0. The van der Waals surface area contributed by atoms with Gasteiger partial charge in [-0.05, 0) is 30.3 Å². The summed E-state index contributed by atoms with van der Waals surface area (Å²) < 4.78 is 2.30. The summed E-state index contributed by atoms with van der Waals surface area (Å²) in [4.78, 5) is 8.45. The molecule has 0 aliphatic rings. The molecule has 0 radical (unpaired) electrons. The molecule has 3 aromatic carbocycles. The fraction of sp³-hybridized carbons (Fsp3) is 0. The molecule has 108 valence electrons. The van der Waals surface area contributed by atoms with Gasteiger partial charge < -0.3 is 4.57 Å². The first-order chi connectivity index (χ1) is 11.4. The molecule has 0 amide bonds.